The average molecular weight is 201 g/mol. The van der Waals surface area contributed by atoms with Crippen LogP contribution in [0.25, 0.3) is 0 Å². The lowest BCUT2D eigenvalue weighted by molar-refractivity contribution is -0.139. The van der Waals surface area contributed by atoms with Crippen LogP contribution >= 0.6 is 0 Å². The molecular weight excluding hydrogens is 178 g/mol. The smallest absolute Gasteiger partial charge is 0.251 e. The number of carbonyl (C=O) groups excluding carboxylic acids is 1. The number of carbonyl (C=O) groups is 1. The second-order valence-corrected chi connectivity index (χ2v) is 4.51. The van der Waals surface area contributed by atoms with Gasteiger partial charge >= 0.3 is 0 Å². The van der Waals surface area contributed by atoms with Crippen LogP contribution in [-0.2, 0) is 9.53 Å². The first kappa shape index (κ1) is 13.4. The Morgan fingerprint density at radius 2 is 2.00 bits per heavy atom. The van der Waals surface area contributed by atoms with E-state index in [-0.39, 0.29) is 5.91 Å². The van der Waals surface area contributed by atoms with Crippen molar-refractivity contribution in [3.8, 4) is 0 Å². The molecule has 0 aromatic heterocycles. The van der Waals surface area contributed by atoms with Gasteiger partial charge in [0.25, 0.3) is 5.91 Å². The molecule has 0 fully saturated rings. The van der Waals surface area contributed by atoms with Gasteiger partial charge in [0.1, 0.15) is 5.60 Å². The number of ether oxygens (including phenoxy) is 1. The minimum absolute atomic E-state index is 0.0382. The van der Waals surface area contributed by atoms with Crippen molar-refractivity contribution in [1.82, 2.24) is 5.32 Å². The average Bonchev–Trinajstić information content (AvgIpc) is 2.11. The zero-order chi connectivity index (χ0) is 11.2. The summed E-state index contributed by atoms with van der Waals surface area (Å²) in [6.07, 6.45) is 2.18. The van der Waals surface area contributed by atoms with Crippen LogP contribution in [0.4, 0.5) is 0 Å². The van der Waals surface area contributed by atoms with Crippen molar-refractivity contribution in [3.05, 3.63) is 0 Å². The molecule has 0 unspecified atom stereocenters. The molecule has 0 aromatic carbocycles. The number of hydrogen-bond donors (Lipinski definition) is 1. The van der Waals surface area contributed by atoms with Gasteiger partial charge in [0.15, 0.2) is 0 Å². The van der Waals surface area contributed by atoms with Crippen molar-refractivity contribution >= 4 is 5.91 Å². The van der Waals surface area contributed by atoms with Crippen LogP contribution in [-0.4, -0.2) is 25.2 Å². The third kappa shape index (κ3) is 5.22. The van der Waals surface area contributed by atoms with Gasteiger partial charge in [-0.15, -0.1) is 0 Å². The van der Waals surface area contributed by atoms with Crippen molar-refractivity contribution in [3.63, 3.8) is 0 Å². The zero-order valence-corrected chi connectivity index (χ0v) is 10.0. The van der Waals surface area contributed by atoms with Gasteiger partial charge in [0.05, 0.1) is 0 Å². The Hall–Kier alpha value is -0.570. The molecule has 0 rings (SSSR count). The Balaban J connectivity index is 3.64. The highest BCUT2D eigenvalue weighted by Crippen LogP contribution is 2.07. The van der Waals surface area contributed by atoms with Crippen LogP contribution in [0.1, 0.15) is 40.5 Å². The van der Waals surface area contributed by atoms with Gasteiger partial charge in [0.2, 0.25) is 0 Å². The topological polar surface area (TPSA) is 38.3 Å². The van der Waals surface area contributed by atoms with Crippen molar-refractivity contribution in [2.24, 2.45) is 5.92 Å². The van der Waals surface area contributed by atoms with Gasteiger partial charge in [-0.1, -0.05) is 13.8 Å². The summed E-state index contributed by atoms with van der Waals surface area (Å²) >= 11 is 0. The normalized spacial score (nSPS) is 11.9. The number of methoxy groups -OCH3 is 1. The van der Waals surface area contributed by atoms with E-state index in [4.69, 9.17) is 4.74 Å². The first-order valence-corrected chi connectivity index (χ1v) is 5.23. The first-order chi connectivity index (χ1) is 6.40. The molecule has 0 aliphatic carbocycles. The third-order valence-electron chi connectivity index (χ3n) is 2.30. The van der Waals surface area contributed by atoms with Crippen LogP contribution in [0.5, 0.6) is 0 Å². The lowest BCUT2D eigenvalue weighted by Crippen LogP contribution is -2.43. The van der Waals surface area contributed by atoms with Gasteiger partial charge in [-0.3, -0.25) is 4.79 Å². The summed E-state index contributed by atoms with van der Waals surface area (Å²) in [6.45, 7) is 8.64. The molecule has 1 N–H and O–H groups in total. The maximum absolute atomic E-state index is 11.5. The molecule has 1 amide bonds. The lowest BCUT2D eigenvalue weighted by atomic mass is 10.1. The molecule has 0 heterocycles. The molecule has 0 aromatic rings. The zero-order valence-electron chi connectivity index (χ0n) is 10.0. The first-order valence-electron chi connectivity index (χ1n) is 5.23. The maximum Gasteiger partial charge on any atom is 0.251 e. The standard InChI is InChI=1S/C11H23NO2/c1-9(2)7-6-8-12-10(13)11(3,4)14-5/h9H,6-8H2,1-5H3,(H,12,13). The summed E-state index contributed by atoms with van der Waals surface area (Å²) in [5.41, 5.74) is -0.710. The minimum Gasteiger partial charge on any atom is -0.369 e. The molecule has 0 saturated heterocycles. The molecule has 0 aliphatic heterocycles. The van der Waals surface area contributed by atoms with Crippen molar-refractivity contribution in [1.29, 1.82) is 0 Å². The van der Waals surface area contributed by atoms with E-state index in [1.165, 1.54) is 0 Å². The molecule has 3 heteroatoms. The predicted molar refractivity (Wildman–Crippen MR) is 58.2 cm³/mol. The molecule has 3 nitrogen and oxygen atoms in total. The molecule has 0 atom stereocenters. The summed E-state index contributed by atoms with van der Waals surface area (Å²) in [5.74, 6) is 0.658. The highest BCUT2D eigenvalue weighted by atomic mass is 16.5. The second kappa shape index (κ2) is 6.02. The number of nitrogens with one attached hydrogen (secondary N) is 1. The lowest BCUT2D eigenvalue weighted by Gasteiger charge is -2.21. The third-order valence-corrected chi connectivity index (χ3v) is 2.30. The van der Waals surface area contributed by atoms with Crippen LogP contribution < -0.4 is 5.32 Å². The van der Waals surface area contributed by atoms with Crippen LogP contribution in [0.2, 0.25) is 0 Å². The summed E-state index contributed by atoms with van der Waals surface area (Å²) < 4.78 is 5.07. The van der Waals surface area contributed by atoms with Gasteiger partial charge in [-0.05, 0) is 32.6 Å². The highest BCUT2D eigenvalue weighted by molar-refractivity contribution is 5.84. The summed E-state index contributed by atoms with van der Waals surface area (Å²) in [4.78, 5) is 11.5. The highest BCUT2D eigenvalue weighted by Gasteiger charge is 2.26. The molecule has 0 radical (unpaired) electrons. The Bertz CT molecular complexity index is 176. The fraction of sp³-hybridized carbons (Fsp3) is 0.909. The Kier molecular flexibility index (Phi) is 5.77. The van der Waals surface area contributed by atoms with E-state index < -0.39 is 5.60 Å². The van der Waals surface area contributed by atoms with Gasteiger partial charge < -0.3 is 10.1 Å². The molecule has 0 bridgehead atoms. The van der Waals surface area contributed by atoms with Crippen LogP contribution in [0.15, 0.2) is 0 Å². The van der Waals surface area contributed by atoms with E-state index in [0.717, 1.165) is 19.4 Å². The van der Waals surface area contributed by atoms with E-state index in [1.54, 1.807) is 21.0 Å². The molecule has 0 saturated carbocycles. The van der Waals surface area contributed by atoms with Gasteiger partial charge in [0, 0.05) is 13.7 Å². The molecule has 84 valence electrons. The number of hydrogen-bond acceptors (Lipinski definition) is 2. The van der Waals surface area contributed by atoms with Gasteiger partial charge in [-0.25, -0.2) is 0 Å². The SMILES string of the molecule is COC(C)(C)C(=O)NCCCC(C)C. The fourth-order valence-electron chi connectivity index (χ4n) is 1.02. The van der Waals surface area contributed by atoms with Crippen molar-refractivity contribution < 1.29 is 9.53 Å². The van der Waals surface area contributed by atoms with Gasteiger partial charge in [-0.2, -0.15) is 0 Å². The summed E-state index contributed by atoms with van der Waals surface area (Å²) in [5, 5.41) is 2.87. The molecular formula is C11H23NO2. The molecule has 0 spiro atoms. The van der Waals surface area contributed by atoms with Crippen molar-refractivity contribution in [2.75, 3.05) is 13.7 Å². The van der Waals surface area contributed by atoms with E-state index in [1.807, 2.05) is 0 Å². The predicted octanol–water partition coefficient (Wildman–Crippen LogP) is 1.96. The number of amides is 1. The van der Waals surface area contributed by atoms with E-state index in [9.17, 15) is 4.79 Å². The van der Waals surface area contributed by atoms with Crippen LogP contribution in [0, 0.1) is 5.92 Å². The quantitative estimate of drug-likeness (QED) is 0.667. The second-order valence-electron chi connectivity index (χ2n) is 4.51. The Morgan fingerprint density at radius 1 is 1.43 bits per heavy atom. The monoisotopic (exact) mass is 201 g/mol. The summed E-state index contributed by atoms with van der Waals surface area (Å²) in [6, 6.07) is 0. The molecule has 0 aliphatic rings. The van der Waals surface area contributed by atoms with Crippen LogP contribution in [0.3, 0.4) is 0 Å². The molecule has 14 heavy (non-hydrogen) atoms. The summed E-state index contributed by atoms with van der Waals surface area (Å²) in [7, 11) is 1.55. The maximum atomic E-state index is 11.5. The number of rotatable bonds is 6. The van der Waals surface area contributed by atoms with Crippen molar-refractivity contribution in [2.45, 2.75) is 46.1 Å². The van der Waals surface area contributed by atoms with E-state index in [2.05, 4.69) is 19.2 Å². The Labute approximate surface area is 87.2 Å². The Morgan fingerprint density at radius 3 is 2.43 bits per heavy atom. The minimum atomic E-state index is -0.710. The van der Waals surface area contributed by atoms with E-state index in [0.29, 0.717) is 5.92 Å². The van der Waals surface area contributed by atoms with E-state index >= 15 is 0 Å². The largest absolute Gasteiger partial charge is 0.369 e. The fourth-order valence-corrected chi connectivity index (χ4v) is 1.02.